The Morgan fingerprint density at radius 2 is 1.06 bits per heavy atom. The number of quaternary nitrogens is 2. The molecule has 0 spiro atoms. The molecule has 0 amide bonds. The molecule has 2 aliphatic carbocycles. The molecule has 6 heteroatoms. The van der Waals surface area contributed by atoms with Crippen LogP contribution in [0.2, 0.25) is 0 Å². The van der Waals surface area contributed by atoms with Gasteiger partial charge < -0.3 is 45.8 Å². The van der Waals surface area contributed by atoms with E-state index in [2.05, 4.69) is 11.5 Å². The highest BCUT2D eigenvalue weighted by Gasteiger charge is 2.30. The van der Waals surface area contributed by atoms with Crippen molar-refractivity contribution in [1.29, 1.82) is 0 Å². The first-order chi connectivity index (χ1) is 6.69. The normalized spacial score (nSPS) is 33.2. The van der Waals surface area contributed by atoms with Crippen LogP contribution in [0.15, 0.2) is 0 Å². The molecule has 6 N–H and O–H groups in total. The maximum absolute atomic E-state index is 5.04. The predicted molar refractivity (Wildman–Crippen MR) is 60.1 cm³/mol. The van der Waals surface area contributed by atoms with Crippen LogP contribution in [0.4, 0.5) is 0 Å². The molecular weight excluding hydrogens is 263 g/mol. The van der Waals surface area contributed by atoms with Gasteiger partial charge in [0.2, 0.25) is 0 Å². The molecule has 4 atom stereocenters. The van der Waals surface area contributed by atoms with E-state index in [0.717, 1.165) is 0 Å². The first kappa shape index (κ1) is 22.6. The average Bonchev–Trinajstić information content (AvgIpc) is 2.16. The van der Waals surface area contributed by atoms with Gasteiger partial charge >= 0.3 is 0 Å². The van der Waals surface area contributed by atoms with Crippen LogP contribution in [-0.2, 0) is 9.47 Å². The second kappa shape index (κ2) is 11.5. The van der Waals surface area contributed by atoms with Gasteiger partial charge in [0.15, 0.2) is 0 Å². The lowest BCUT2D eigenvalue weighted by atomic mass is 9.90. The number of hydrogen-bond acceptors (Lipinski definition) is 2. The second-order valence-electron chi connectivity index (χ2n) is 4.22. The quantitative estimate of drug-likeness (QED) is 0.531. The summed E-state index contributed by atoms with van der Waals surface area (Å²) in [6.07, 6.45) is 5.87. The van der Waals surface area contributed by atoms with E-state index < -0.39 is 0 Å². The van der Waals surface area contributed by atoms with E-state index in [1.165, 1.54) is 25.7 Å². The molecule has 2 aliphatic rings. The summed E-state index contributed by atoms with van der Waals surface area (Å²) in [7, 11) is 3.50. The van der Waals surface area contributed by atoms with Crippen molar-refractivity contribution in [1.82, 2.24) is 0 Å². The minimum Gasteiger partial charge on any atom is -1.00 e. The van der Waals surface area contributed by atoms with Gasteiger partial charge in [0.25, 0.3) is 0 Å². The minimum atomic E-state index is 0. The van der Waals surface area contributed by atoms with Crippen molar-refractivity contribution in [3.05, 3.63) is 0 Å². The fraction of sp³-hybridized carbons (Fsp3) is 1.00. The Kier molecular flexibility index (Phi) is 15.3. The minimum absolute atomic E-state index is 0. The summed E-state index contributed by atoms with van der Waals surface area (Å²) in [4.78, 5) is 0. The summed E-state index contributed by atoms with van der Waals surface area (Å²) in [5.74, 6) is 0. The van der Waals surface area contributed by atoms with Crippen LogP contribution in [-0.4, -0.2) is 38.5 Å². The summed E-state index contributed by atoms with van der Waals surface area (Å²) < 4.78 is 10.1. The van der Waals surface area contributed by atoms with Crippen molar-refractivity contribution < 1.29 is 45.8 Å². The first-order valence-electron chi connectivity index (χ1n) is 5.40. The van der Waals surface area contributed by atoms with Crippen molar-refractivity contribution >= 4 is 0 Å². The van der Waals surface area contributed by atoms with E-state index in [0.29, 0.717) is 24.3 Å². The molecule has 0 saturated heterocycles. The second-order valence-corrected chi connectivity index (χ2v) is 4.22. The van der Waals surface area contributed by atoms with Crippen molar-refractivity contribution in [3.63, 3.8) is 0 Å². The molecule has 0 radical (unpaired) electrons. The van der Waals surface area contributed by atoms with E-state index in [1.54, 1.807) is 14.2 Å². The Balaban J connectivity index is -0.000000196. The van der Waals surface area contributed by atoms with E-state index >= 15 is 0 Å². The Labute approximate surface area is 118 Å². The lowest BCUT2D eigenvalue weighted by Crippen LogP contribution is -3.00. The molecule has 17 heavy (non-hydrogen) atoms. The van der Waals surface area contributed by atoms with Crippen LogP contribution in [0, 0.1) is 0 Å². The van der Waals surface area contributed by atoms with Gasteiger partial charge in [-0.15, -0.1) is 0 Å². The molecule has 0 aromatic carbocycles. The molecule has 3 unspecified atom stereocenters. The molecule has 4 nitrogen and oxygen atoms in total. The zero-order valence-corrected chi connectivity index (χ0v) is 11.6. The monoisotopic (exact) mass is 290 g/mol. The zero-order valence-electron chi connectivity index (χ0n) is 10.1. The van der Waals surface area contributed by atoms with Crippen LogP contribution in [0.5, 0.6) is 0 Å². The lowest BCUT2D eigenvalue weighted by molar-refractivity contribution is -0.460. The van der Waals surface area contributed by atoms with Gasteiger partial charge in [-0.05, 0) is 12.8 Å². The summed E-state index contributed by atoms with van der Waals surface area (Å²) in [6.45, 7) is 0. The Hall–Kier alpha value is 0.420. The Bertz CT molecular complexity index is 154. The number of methoxy groups -OCH3 is 2. The molecule has 2 saturated carbocycles. The first-order valence-corrected chi connectivity index (χ1v) is 5.40. The number of hydrogen-bond donors (Lipinski definition) is 2. The van der Waals surface area contributed by atoms with Crippen molar-refractivity contribution in [2.75, 3.05) is 14.2 Å². The van der Waals surface area contributed by atoms with Gasteiger partial charge in [-0.3, -0.25) is 0 Å². The summed E-state index contributed by atoms with van der Waals surface area (Å²) >= 11 is 0. The van der Waals surface area contributed by atoms with Crippen LogP contribution >= 0.6 is 0 Å². The third kappa shape index (κ3) is 6.79. The van der Waals surface area contributed by atoms with Gasteiger partial charge in [0, 0.05) is 27.1 Å². The molecular formula is C11H28Cl2N2O2. The zero-order chi connectivity index (χ0) is 10.6. The maximum atomic E-state index is 5.04. The summed E-state index contributed by atoms with van der Waals surface area (Å²) in [5.41, 5.74) is 7.74. The molecule has 0 aromatic heterocycles. The molecule has 0 aliphatic heterocycles. The lowest BCUT2D eigenvalue weighted by Gasteiger charge is -2.28. The van der Waals surface area contributed by atoms with E-state index in [4.69, 9.17) is 9.47 Å². The van der Waals surface area contributed by atoms with Crippen LogP contribution in [0.1, 0.15) is 33.1 Å². The Morgan fingerprint density at radius 1 is 0.765 bits per heavy atom. The number of halogens is 2. The van der Waals surface area contributed by atoms with Crippen molar-refractivity contribution in [2.24, 2.45) is 0 Å². The van der Waals surface area contributed by atoms with Crippen LogP contribution in [0.25, 0.3) is 0 Å². The predicted octanol–water partition coefficient (Wildman–Crippen LogP) is -6.54. The van der Waals surface area contributed by atoms with Crippen LogP contribution in [0.3, 0.4) is 0 Å². The average molecular weight is 291 g/mol. The van der Waals surface area contributed by atoms with Crippen LogP contribution < -0.4 is 36.3 Å². The SMILES string of the molecule is C.COC1CCC1[NH3+].CO[C@H]1CCC1[NH3+].[Cl-].[Cl-]. The fourth-order valence-corrected chi connectivity index (χ4v) is 1.70. The van der Waals surface area contributed by atoms with E-state index in [1.807, 2.05) is 0 Å². The summed E-state index contributed by atoms with van der Waals surface area (Å²) in [6, 6.07) is 1.15. The number of rotatable bonds is 2. The third-order valence-corrected chi connectivity index (χ3v) is 3.30. The highest BCUT2D eigenvalue weighted by atomic mass is 35.5. The molecule has 0 bridgehead atoms. The maximum Gasteiger partial charge on any atom is 0.111 e. The van der Waals surface area contributed by atoms with Gasteiger partial charge in [0.1, 0.15) is 24.3 Å². The Morgan fingerprint density at radius 3 is 1.06 bits per heavy atom. The highest BCUT2D eigenvalue weighted by molar-refractivity contribution is 4.79. The molecule has 0 aromatic rings. The standard InChI is InChI=1S/2C5H11NO.CH4.2ClH/c2*1-7-5-3-2-4(5)6;;;/h2*4-5H,2-3,6H2,1H3;1H4;2*1H/t4?,5-;;;;/m0..../s1. The third-order valence-electron chi connectivity index (χ3n) is 3.30. The van der Waals surface area contributed by atoms with Gasteiger partial charge in [-0.25, -0.2) is 0 Å². The van der Waals surface area contributed by atoms with Gasteiger partial charge in [0.05, 0.1) is 0 Å². The van der Waals surface area contributed by atoms with Crippen molar-refractivity contribution in [3.8, 4) is 0 Å². The summed E-state index contributed by atoms with van der Waals surface area (Å²) in [5, 5.41) is 0. The number of ether oxygens (including phenoxy) is 2. The topological polar surface area (TPSA) is 73.7 Å². The fourth-order valence-electron chi connectivity index (χ4n) is 1.70. The molecule has 108 valence electrons. The smallest absolute Gasteiger partial charge is 0.111 e. The van der Waals surface area contributed by atoms with E-state index in [-0.39, 0.29) is 32.2 Å². The van der Waals surface area contributed by atoms with Crippen molar-refractivity contribution in [2.45, 2.75) is 57.4 Å². The molecule has 2 fully saturated rings. The largest absolute Gasteiger partial charge is 1.00 e. The van der Waals surface area contributed by atoms with Gasteiger partial charge in [-0.2, -0.15) is 0 Å². The highest BCUT2D eigenvalue weighted by Crippen LogP contribution is 2.18. The van der Waals surface area contributed by atoms with E-state index in [9.17, 15) is 0 Å². The molecule has 2 rings (SSSR count). The van der Waals surface area contributed by atoms with Gasteiger partial charge in [-0.1, -0.05) is 7.43 Å². The molecule has 0 heterocycles.